The SMILES string of the molecule is Cc1ccccc1C=CC1CC(O)C(=O)C1CCCCCCC(=O)O. The maximum absolute atomic E-state index is 12.2. The molecule has 4 nitrogen and oxygen atoms in total. The van der Waals surface area contributed by atoms with Crippen LogP contribution >= 0.6 is 0 Å². The molecule has 3 atom stereocenters. The highest BCUT2D eigenvalue weighted by Crippen LogP contribution is 2.34. The number of aliphatic hydroxyl groups excluding tert-OH is 1. The molecule has 1 aromatic rings. The Bertz CT molecular complexity index is 620. The molecule has 2 N–H and O–H groups in total. The highest BCUT2D eigenvalue weighted by atomic mass is 16.4. The van der Waals surface area contributed by atoms with Gasteiger partial charge in [-0.25, -0.2) is 0 Å². The number of allylic oxidation sites excluding steroid dienone is 1. The number of unbranched alkanes of at least 4 members (excludes halogenated alkanes) is 3. The third kappa shape index (κ3) is 5.82. The van der Waals surface area contributed by atoms with Crippen molar-refractivity contribution in [3.63, 3.8) is 0 Å². The Labute approximate surface area is 149 Å². The van der Waals surface area contributed by atoms with Crippen LogP contribution in [0, 0.1) is 18.8 Å². The van der Waals surface area contributed by atoms with E-state index in [-0.39, 0.29) is 24.0 Å². The van der Waals surface area contributed by atoms with E-state index in [2.05, 4.69) is 31.2 Å². The summed E-state index contributed by atoms with van der Waals surface area (Å²) in [7, 11) is 0. The van der Waals surface area contributed by atoms with Gasteiger partial charge in [-0.3, -0.25) is 9.59 Å². The highest BCUT2D eigenvalue weighted by Gasteiger charge is 2.39. The van der Waals surface area contributed by atoms with Crippen molar-refractivity contribution in [2.24, 2.45) is 11.8 Å². The predicted octanol–water partition coefficient (Wildman–Crippen LogP) is 4.00. The van der Waals surface area contributed by atoms with Gasteiger partial charge in [-0.15, -0.1) is 0 Å². The first-order chi connectivity index (χ1) is 12.0. The number of carbonyl (C=O) groups excluding carboxylic acids is 1. The van der Waals surface area contributed by atoms with E-state index in [0.29, 0.717) is 12.8 Å². The van der Waals surface area contributed by atoms with Crippen LogP contribution in [0.25, 0.3) is 6.08 Å². The molecule has 0 heterocycles. The van der Waals surface area contributed by atoms with E-state index >= 15 is 0 Å². The second kappa shape index (κ2) is 9.52. The van der Waals surface area contributed by atoms with E-state index in [1.165, 1.54) is 5.56 Å². The number of hydrogen-bond acceptors (Lipinski definition) is 3. The second-order valence-electron chi connectivity index (χ2n) is 6.99. The molecule has 1 fully saturated rings. The summed E-state index contributed by atoms with van der Waals surface area (Å²) in [5, 5.41) is 18.6. The van der Waals surface area contributed by atoms with Crippen LogP contribution in [0.1, 0.15) is 56.1 Å². The fraction of sp³-hybridized carbons (Fsp3) is 0.524. The third-order valence-electron chi connectivity index (χ3n) is 5.07. The molecule has 25 heavy (non-hydrogen) atoms. The zero-order valence-electron chi connectivity index (χ0n) is 14.9. The van der Waals surface area contributed by atoms with E-state index in [1.807, 2.05) is 12.1 Å². The normalized spacial score (nSPS) is 23.4. The summed E-state index contributed by atoms with van der Waals surface area (Å²) in [4.78, 5) is 22.7. The molecule has 0 saturated heterocycles. The van der Waals surface area contributed by atoms with Crippen molar-refractivity contribution < 1.29 is 19.8 Å². The van der Waals surface area contributed by atoms with Crippen LogP contribution < -0.4 is 0 Å². The van der Waals surface area contributed by atoms with Crippen molar-refractivity contribution in [2.45, 2.75) is 58.0 Å². The number of benzene rings is 1. The second-order valence-corrected chi connectivity index (χ2v) is 6.99. The lowest BCUT2D eigenvalue weighted by atomic mass is 9.89. The molecular weight excluding hydrogens is 316 g/mol. The Kier molecular flexibility index (Phi) is 7.38. The monoisotopic (exact) mass is 344 g/mol. The van der Waals surface area contributed by atoms with Crippen LogP contribution in [0.2, 0.25) is 0 Å². The number of carbonyl (C=O) groups is 2. The molecule has 0 aliphatic heterocycles. The highest BCUT2D eigenvalue weighted by molar-refractivity contribution is 5.88. The van der Waals surface area contributed by atoms with Crippen molar-refractivity contribution in [1.82, 2.24) is 0 Å². The number of aliphatic carboxylic acids is 1. The quantitative estimate of drug-likeness (QED) is 0.664. The van der Waals surface area contributed by atoms with Gasteiger partial charge >= 0.3 is 5.97 Å². The van der Waals surface area contributed by atoms with Gasteiger partial charge in [0.2, 0.25) is 0 Å². The summed E-state index contributed by atoms with van der Waals surface area (Å²) in [6.45, 7) is 2.06. The molecule has 1 aliphatic carbocycles. The maximum Gasteiger partial charge on any atom is 0.303 e. The van der Waals surface area contributed by atoms with Crippen molar-refractivity contribution >= 4 is 17.8 Å². The minimum Gasteiger partial charge on any atom is -0.481 e. The molecule has 136 valence electrons. The topological polar surface area (TPSA) is 74.6 Å². The Hall–Kier alpha value is -1.94. The van der Waals surface area contributed by atoms with Crippen molar-refractivity contribution in [3.8, 4) is 0 Å². The Morgan fingerprint density at radius 2 is 1.92 bits per heavy atom. The summed E-state index contributed by atoms with van der Waals surface area (Å²) >= 11 is 0. The van der Waals surface area contributed by atoms with Crippen LogP contribution in [-0.2, 0) is 9.59 Å². The van der Waals surface area contributed by atoms with Crippen molar-refractivity contribution in [2.75, 3.05) is 0 Å². The lowest BCUT2D eigenvalue weighted by Gasteiger charge is -2.14. The molecule has 0 amide bonds. The van der Waals surface area contributed by atoms with Crippen LogP contribution in [-0.4, -0.2) is 28.1 Å². The molecule has 3 unspecified atom stereocenters. The standard InChI is InChI=1S/C21H28O4/c1-15-8-6-7-9-16(15)12-13-17-14-19(22)21(25)18(17)10-4-2-3-5-11-20(23)24/h6-9,12-13,17-19,22H,2-5,10-11,14H2,1H3,(H,23,24). The summed E-state index contributed by atoms with van der Waals surface area (Å²) < 4.78 is 0. The summed E-state index contributed by atoms with van der Waals surface area (Å²) in [5.41, 5.74) is 2.34. The maximum atomic E-state index is 12.2. The molecule has 0 radical (unpaired) electrons. The molecule has 4 heteroatoms. The molecular formula is C21H28O4. The minimum absolute atomic E-state index is 0.0371. The molecule has 0 aromatic heterocycles. The summed E-state index contributed by atoms with van der Waals surface area (Å²) in [5.74, 6) is -0.823. The number of aryl methyl sites for hydroxylation is 1. The summed E-state index contributed by atoms with van der Waals surface area (Å²) in [6, 6.07) is 8.11. The molecule has 0 spiro atoms. The number of hydrogen-bond donors (Lipinski definition) is 2. The first-order valence-corrected chi connectivity index (χ1v) is 9.16. The molecule has 1 aromatic carbocycles. The number of aliphatic hydroxyl groups is 1. The van der Waals surface area contributed by atoms with Gasteiger partial charge in [0.05, 0.1) is 0 Å². The minimum atomic E-state index is -0.844. The lowest BCUT2D eigenvalue weighted by molar-refractivity contribution is -0.137. The van der Waals surface area contributed by atoms with Gasteiger partial charge in [0.1, 0.15) is 6.10 Å². The Morgan fingerprint density at radius 1 is 1.20 bits per heavy atom. The molecule has 1 saturated carbocycles. The average molecular weight is 344 g/mol. The predicted molar refractivity (Wildman–Crippen MR) is 98.2 cm³/mol. The van der Waals surface area contributed by atoms with Crippen molar-refractivity contribution in [1.29, 1.82) is 0 Å². The van der Waals surface area contributed by atoms with E-state index < -0.39 is 12.1 Å². The van der Waals surface area contributed by atoms with Gasteiger partial charge in [0.15, 0.2) is 5.78 Å². The zero-order chi connectivity index (χ0) is 18.2. The number of Topliss-reactive ketones (excluding diaryl/α,β-unsaturated/α-hetero) is 1. The van der Waals surface area contributed by atoms with E-state index in [9.17, 15) is 14.7 Å². The fourth-order valence-corrected chi connectivity index (χ4v) is 3.56. The van der Waals surface area contributed by atoms with Gasteiger partial charge < -0.3 is 10.2 Å². The van der Waals surface area contributed by atoms with E-state index in [4.69, 9.17) is 5.11 Å². The molecule has 2 rings (SSSR count). The Balaban J connectivity index is 1.87. The Morgan fingerprint density at radius 3 is 2.64 bits per heavy atom. The van der Waals surface area contributed by atoms with Gasteiger partial charge in [-0.2, -0.15) is 0 Å². The largest absolute Gasteiger partial charge is 0.481 e. The van der Waals surface area contributed by atoms with Crippen LogP contribution in [0.3, 0.4) is 0 Å². The number of carboxylic acids is 1. The first kappa shape index (κ1) is 19.4. The van der Waals surface area contributed by atoms with Gasteiger partial charge in [-0.05, 0) is 43.2 Å². The fourth-order valence-electron chi connectivity index (χ4n) is 3.56. The zero-order valence-corrected chi connectivity index (χ0v) is 14.9. The van der Waals surface area contributed by atoms with Gasteiger partial charge in [0.25, 0.3) is 0 Å². The number of ketones is 1. The summed E-state index contributed by atoms with van der Waals surface area (Å²) in [6.07, 6.45) is 8.17. The van der Waals surface area contributed by atoms with E-state index in [0.717, 1.165) is 31.2 Å². The van der Waals surface area contributed by atoms with Crippen LogP contribution in [0.4, 0.5) is 0 Å². The third-order valence-corrected chi connectivity index (χ3v) is 5.07. The molecule has 1 aliphatic rings. The first-order valence-electron chi connectivity index (χ1n) is 9.16. The van der Waals surface area contributed by atoms with Gasteiger partial charge in [-0.1, -0.05) is 55.7 Å². The smallest absolute Gasteiger partial charge is 0.303 e. The van der Waals surface area contributed by atoms with Crippen LogP contribution in [0.15, 0.2) is 30.3 Å². The van der Waals surface area contributed by atoms with Crippen molar-refractivity contribution in [3.05, 3.63) is 41.5 Å². The van der Waals surface area contributed by atoms with E-state index in [1.54, 1.807) is 0 Å². The van der Waals surface area contributed by atoms with Crippen LogP contribution in [0.5, 0.6) is 0 Å². The average Bonchev–Trinajstić information content (AvgIpc) is 2.84. The number of carboxylic acid groups (broad SMARTS) is 1. The number of rotatable bonds is 9. The molecule has 0 bridgehead atoms. The lowest BCUT2D eigenvalue weighted by Crippen LogP contribution is -2.19. The van der Waals surface area contributed by atoms with Gasteiger partial charge in [0, 0.05) is 12.3 Å².